The van der Waals surface area contributed by atoms with Crippen molar-refractivity contribution in [1.29, 1.82) is 0 Å². The molecule has 0 saturated carbocycles. The molecule has 0 saturated heterocycles. The second-order valence-corrected chi connectivity index (χ2v) is 15.0. The summed E-state index contributed by atoms with van der Waals surface area (Å²) in [5.74, 6) is -7.28. The molecule has 0 amide bonds. The van der Waals surface area contributed by atoms with Crippen LogP contribution in [0, 0.1) is 11.8 Å². The van der Waals surface area contributed by atoms with Gasteiger partial charge in [0.25, 0.3) is 0 Å². The Morgan fingerprint density at radius 1 is 0.609 bits per heavy atom. The summed E-state index contributed by atoms with van der Waals surface area (Å²) < 4.78 is 12.2. The molecule has 11 nitrogen and oxygen atoms in total. The molecule has 1 aromatic carbocycles. The van der Waals surface area contributed by atoms with Crippen molar-refractivity contribution in [2.45, 2.75) is 98.6 Å². The Labute approximate surface area is 283 Å². The van der Waals surface area contributed by atoms with Crippen molar-refractivity contribution in [3.05, 3.63) is 32.0 Å². The maximum absolute atomic E-state index is 13.5. The van der Waals surface area contributed by atoms with Gasteiger partial charge in [0.15, 0.2) is 22.6 Å². The number of aliphatic carboxylic acids is 4. The maximum Gasteiger partial charge on any atom is 0.344 e. The van der Waals surface area contributed by atoms with E-state index in [2.05, 4.69) is 13.5 Å². The Balaban J connectivity index is 2.34. The highest BCUT2D eigenvalue weighted by Crippen LogP contribution is 2.68. The predicted octanol–water partition coefficient (Wildman–Crippen LogP) is 8.07. The lowest BCUT2D eigenvalue weighted by molar-refractivity contribution is -0.142. The summed E-state index contributed by atoms with van der Waals surface area (Å²) in [7, 11) is 0. The molecule has 0 aliphatic carbocycles. The first kappa shape index (κ1) is 37.4. The van der Waals surface area contributed by atoms with Crippen molar-refractivity contribution >= 4 is 76.9 Å². The van der Waals surface area contributed by atoms with Gasteiger partial charge in [0.2, 0.25) is 0 Å². The van der Waals surface area contributed by atoms with Gasteiger partial charge >= 0.3 is 29.8 Å². The smallest absolute Gasteiger partial charge is 0.344 e. The lowest BCUT2D eigenvalue weighted by Crippen LogP contribution is -2.20. The molecular weight excluding hydrogens is 677 g/mol. The summed E-state index contributed by atoms with van der Waals surface area (Å²) in [6, 6.07) is 0. The van der Waals surface area contributed by atoms with Crippen LogP contribution in [0.15, 0.2) is 51.5 Å². The fourth-order valence-corrected chi connectivity index (χ4v) is 10.2. The van der Waals surface area contributed by atoms with E-state index in [1.807, 2.05) is 20.8 Å². The molecule has 15 heteroatoms. The minimum atomic E-state index is -1.66. The van der Waals surface area contributed by atoms with E-state index in [4.69, 9.17) is 9.47 Å². The van der Waals surface area contributed by atoms with Crippen LogP contribution in [0.3, 0.4) is 0 Å². The van der Waals surface area contributed by atoms with Gasteiger partial charge in [0.1, 0.15) is 5.76 Å². The number of rotatable bonds is 17. The van der Waals surface area contributed by atoms with Crippen LogP contribution in [0.25, 0.3) is 0 Å². The Bertz CT molecular complexity index is 1330. The Morgan fingerprint density at radius 3 is 1.28 bits per heavy atom. The van der Waals surface area contributed by atoms with Crippen molar-refractivity contribution in [1.82, 2.24) is 0 Å². The number of carboxylic acids is 4. The maximum atomic E-state index is 13.5. The van der Waals surface area contributed by atoms with Crippen molar-refractivity contribution in [3.8, 4) is 11.5 Å². The van der Waals surface area contributed by atoms with Gasteiger partial charge in [0, 0.05) is 5.92 Å². The van der Waals surface area contributed by atoms with Crippen LogP contribution in [0.5, 0.6) is 11.5 Å². The third kappa shape index (κ3) is 8.28. The largest absolute Gasteiger partial charge is 0.477 e. The number of fused-ring (bicyclic) bond motifs is 2. The molecule has 0 radical (unpaired) electrons. The third-order valence-corrected chi connectivity index (χ3v) is 12.5. The number of esters is 1. The quantitative estimate of drug-likeness (QED) is 0.0303. The Hall–Kier alpha value is -3.01. The van der Waals surface area contributed by atoms with Crippen molar-refractivity contribution in [2.24, 2.45) is 11.8 Å². The van der Waals surface area contributed by atoms with Crippen LogP contribution in [0.4, 0.5) is 0 Å². The molecule has 4 N–H and O–H groups in total. The van der Waals surface area contributed by atoms with E-state index < -0.39 is 46.9 Å². The first-order valence-corrected chi connectivity index (χ1v) is 18.0. The summed E-state index contributed by atoms with van der Waals surface area (Å²) in [4.78, 5) is 62.4. The second kappa shape index (κ2) is 16.7. The number of carboxylic acid groups (broad SMARTS) is 4. The van der Waals surface area contributed by atoms with E-state index in [0.717, 1.165) is 79.2 Å². The summed E-state index contributed by atoms with van der Waals surface area (Å²) >= 11 is 3.21. The zero-order valence-corrected chi connectivity index (χ0v) is 29.1. The summed E-state index contributed by atoms with van der Waals surface area (Å²) in [5, 5.41) is 38.9. The SMILES string of the molecule is C=C(Oc1c2c(c(OC(=O)C(CC)CCCC)c3c1SC(=C(C(=O)O)C(=O)O)S3)SC(=C(C(=O)O)C(=O)O)S2)C(CC)CCCC. The highest BCUT2D eigenvalue weighted by atomic mass is 32.2. The van der Waals surface area contributed by atoms with E-state index in [1.165, 1.54) is 0 Å². The molecule has 0 fully saturated rings. The number of carbonyl (C=O) groups is 5. The van der Waals surface area contributed by atoms with Gasteiger partial charge in [-0.15, -0.1) is 0 Å². The number of hydrogen-bond acceptors (Lipinski definition) is 11. The Morgan fingerprint density at radius 2 is 0.957 bits per heavy atom. The zero-order valence-electron chi connectivity index (χ0n) is 25.8. The highest BCUT2D eigenvalue weighted by molar-refractivity contribution is 8.26. The molecule has 2 aliphatic rings. The minimum absolute atomic E-state index is 0.0359. The van der Waals surface area contributed by atoms with Gasteiger partial charge in [-0.2, -0.15) is 0 Å². The fourth-order valence-electron chi connectivity index (χ4n) is 4.70. The van der Waals surface area contributed by atoms with Crippen LogP contribution in [-0.4, -0.2) is 50.3 Å². The molecule has 46 heavy (non-hydrogen) atoms. The monoisotopic (exact) mass is 712 g/mol. The topological polar surface area (TPSA) is 185 Å². The molecule has 0 aromatic heterocycles. The van der Waals surface area contributed by atoms with Gasteiger partial charge in [-0.25, -0.2) is 19.2 Å². The van der Waals surface area contributed by atoms with E-state index in [-0.39, 0.29) is 45.5 Å². The van der Waals surface area contributed by atoms with Crippen LogP contribution in [0.1, 0.15) is 79.1 Å². The predicted molar refractivity (Wildman–Crippen MR) is 176 cm³/mol. The van der Waals surface area contributed by atoms with Gasteiger partial charge in [-0.3, -0.25) is 4.79 Å². The fraction of sp³-hybridized carbons (Fsp3) is 0.452. The lowest BCUT2D eigenvalue weighted by Gasteiger charge is -2.22. The van der Waals surface area contributed by atoms with Gasteiger partial charge < -0.3 is 29.9 Å². The molecule has 3 rings (SSSR count). The van der Waals surface area contributed by atoms with Crippen molar-refractivity contribution in [2.75, 3.05) is 0 Å². The molecular formula is C31H36O11S4. The van der Waals surface area contributed by atoms with E-state index in [1.54, 1.807) is 0 Å². The normalized spacial score (nSPS) is 14.6. The van der Waals surface area contributed by atoms with Crippen LogP contribution >= 0.6 is 47.0 Å². The average Bonchev–Trinajstić information content (AvgIpc) is 3.60. The minimum Gasteiger partial charge on any atom is -0.477 e. The number of unbranched alkanes of at least 4 members (excludes halogenated alkanes) is 2. The van der Waals surface area contributed by atoms with Crippen LogP contribution < -0.4 is 9.47 Å². The van der Waals surface area contributed by atoms with E-state index in [0.29, 0.717) is 25.0 Å². The number of thioether (sulfide) groups is 4. The number of hydrogen-bond donors (Lipinski definition) is 4. The molecule has 2 aliphatic heterocycles. The third-order valence-electron chi connectivity index (χ3n) is 7.30. The number of benzene rings is 1. The number of allylic oxidation sites excluding steroid dienone is 1. The van der Waals surface area contributed by atoms with E-state index in [9.17, 15) is 44.4 Å². The highest BCUT2D eigenvalue weighted by Gasteiger charge is 2.42. The molecule has 2 atom stereocenters. The first-order valence-electron chi connectivity index (χ1n) is 14.8. The van der Waals surface area contributed by atoms with E-state index >= 15 is 0 Å². The van der Waals surface area contributed by atoms with Gasteiger partial charge in [-0.1, -0.05) is 107 Å². The number of carbonyl (C=O) groups excluding carboxylic acids is 1. The molecule has 0 bridgehead atoms. The summed E-state index contributed by atoms with van der Waals surface area (Å²) in [5.41, 5.74) is -1.76. The van der Waals surface area contributed by atoms with Crippen LogP contribution in [0.2, 0.25) is 0 Å². The summed E-state index contributed by atoms with van der Waals surface area (Å²) in [6.45, 7) is 12.0. The average molecular weight is 713 g/mol. The zero-order chi connectivity index (χ0) is 34.3. The van der Waals surface area contributed by atoms with Gasteiger partial charge in [0.05, 0.1) is 34.0 Å². The Kier molecular flexibility index (Phi) is 13.6. The lowest BCUT2D eigenvalue weighted by atomic mass is 9.98. The molecule has 250 valence electrons. The van der Waals surface area contributed by atoms with Crippen LogP contribution in [-0.2, 0) is 24.0 Å². The second-order valence-electron chi connectivity index (χ2n) is 10.4. The van der Waals surface area contributed by atoms with Crippen molar-refractivity contribution in [3.63, 3.8) is 0 Å². The standard InChI is InChI=1S/C31H36O11S4/c1-6-10-12-15(8-3)14(5)41-19-21-23(45-30(43-21)17(25(32)33)26(34)35)20(42-29(40)16(9-4)13-11-7-2)24-22(19)44-31(46-24)18(27(36)37)28(38)39/h15-16H,5-13H2,1-4H3,(H,32,33)(H,34,35)(H,36,37)(H,38,39). The molecule has 0 spiro atoms. The first-order chi connectivity index (χ1) is 21.8. The van der Waals surface area contributed by atoms with Crippen molar-refractivity contribution < 1.29 is 53.9 Å². The summed E-state index contributed by atoms with van der Waals surface area (Å²) in [6.07, 6.45) is 5.95. The molecule has 2 heterocycles. The molecule has 1 aromatic rings. The number of ether oxygens (including phenoxy) is 2. The molecule has 2 unspecified atom stereocenters. The van der Waals surface area contributed by atoms with Gasteiger partial charge in [-0.05, 0) is 25.7 Å².